The first-order valence-corrected chi connectivity index (χ1v) is 4.98. The highest BCUT2D eigenvalue weighted by Crippen LogP contribution is 2.31. The first-order valence-electron chi connectivity index (χ1n) is 4.98. The Morgan fingerprint density at radius 1 is 1.47 bits per heavy atom. The van der Waals surface area contributed by atoms with E-state index in [1.807, 2.05) is 0 Å². The molecule has 5 heteroatoms. The summed E-state index contributed by atoms with van der Waals surface area (Å²) in [5.41, 5.74) is 1.45. The van der Waals surface area contributed by atoms with E-state index in [1.54, 1.807) is 7.05 Å². The van der Waals surface area contributed by atoms with Crippen LogP contribution >= 0.6 is 0 Å². The van der Waals surface area contributed by atoms with E-state index in [0.29, 0.717) is 28.9 Å². The molecule has 0 aliphatic rings. The van der Waals surface area contributed by atoms with Crippen LogP contribution in [0, 0.1) is 5.82 Å². The SMILES string of the molecule is COc1ccc(F)cc1-c1c(C=O)cnn1C. The Bertz CT molecular complexity index is 564. The van der Waals surface area contributed by atoms with Crippen LogP contribution in [-0.2, 0) is 7.05 Å². The summed E-state index contributed by atoms with van der Waals surface area (Å²) < 4.78 is 19.9. The molecule has 0 N–H and O–H groups in total. The maximum atomic E-state index is 13.3. The second kappa shape index (κ2) is 4.37. The van der Waals surface area contributed by atoms with Crippen LogP contribution in [0.3, 0.4) is 0 Å². The van der Waals surface area contributed by atoms with E-state index in [4.69, 9.17) is 4.74 Å². The van der Waals surface area contributed by atoms with E-state index in [9.17, 15) is 9.18 Å². The lowest BCUT2D eigenvalue weighted by molar-refractivity contribution is 0.112. The zero-order chi connectivity index (χ0) is 12.4. The largest absolute Gasteiger partial charge is 0.496 e. The molecule has 2 rings (SSSR count). The monoisotopic (exact) mass is 234 g/mol. The van der Waals surface area contributed by atoms with Crippen molar-refractivity contribution in [1.82, 2.24) is 9.78 Å². The molecular formula is C12H11FN2O2. The number of halogens is 1. The van der Waals surface area contributed by atoms with E-state index < -0.39 is 0 Å². The number of benzene rings is 1. The van der Waals surface area contributed by atoms with Gasteiger partial charge in [-0.15, -0.1) is 0 Å². The molecule has 88 valence electrons. The summed E-state index contributed by atoms with van der Waals surface area (Å²) in [6.07, 6.45) is 2.12. The molecule has 0 saturated heterocycles. The Balaban J connectivity index is 2.70. The van der Waals surface area contributed by atoms with E-state index in [1.165, 1.54) is 36.2 Å². The second-order valence-electron chi connectivity index (χ2n) is 3.53. The summed E-state index contributed by atoms with van der Waals surface area (Å²) in [5.74, 6) is 0.108. The summed E-state index contributed by atoms with van der Waals surface area (Å²) in [4.78, 5) is 10.9. The van der Waals surface area contributed by atoms with Crippen molar-refractivity contribution in [2.75, 3.05) is 7.11 Å². The fraction of sp³-hybridized carbons (Fsp3) is 0.167. The van der Waals surface area contributed by atoms with Gasteiger partial charge in [-0.25, -0.2) is 4.39 Å². The summed E-state index contributed by atoms with van der Waals surface area (Å²) in [7, 11) is 3.18. The molecule has 1 aromatic heterocycles. The minimum absolute atomic E-state index is 0.390. The van der Waals surface area contributed by atoms with E-state index in [2.05, 4.69) is 5.10 Å². The second-order valence-corrected chi connectivity index (χ2v) is 3.53. The van der Waals surface area contributed by atoms with Gasteiger partial charge in [-0.05, 0) is 18.2 Å². The van der Waals surface area contributed by atoms with Crippen molar-refractivity contribution in [3.63, 3.8) is 0 Å². The Hall–Kier alpha value is -2.17. The van der Waals surface area contributed by atoms with Crippen LogP contribution in [0.1, 0.15) is 10.4 Å². The van der Waals surface area contributed by atoms with Crippen LogP contribution in [0.5, 0.6) is 5.75 Å². The molecule has 0 unspecified atom stereocenters. The van der Waals surface area contributed by atoms with Gasteiger partial charge in [-0.2, -0.15) is 5.10 Å². The molecule has 17 heavy (non-hydrogen) atoms. The summed E-state index contributed by atoms with van der Waals surface area (Å²) in [6.45, 7) is 0. The zero-order valence-corrected chi connectivity index (χ0v) is 9.48. The van der Waals surface area contributed by atoms with Gasteiger partial charge in [0.05, 0.1) is 24.6 Å². The number of carbonyl (C=O) groups excluding carboxylic acids is 1. The van der Waals surface area contributed by atoms with Crippen LogP contribution in [0.25, 0.3) is 11.3 Å². The Morgan fingerprint density at radius 2 is 2.24 bits per heavy atom. The number of hydrogen-bond acceptors (Lipinski definition) is 3. The minimum Gasteiger partial charge on any atom is -0.496 e. The van der Waals surface area contributed by atoms with Crippen molar-refractivity contribution in [2.24, 2.45) is 7.05 Å². The average Bonchev–Trinajstić information content (AvgIpc) is 2.70. The smallest absolute Gasteiger partial charge is 0.153 e. The standard InChI is InChI=1S/C12H11FN2O2/c1-15-12(8(7-16)6-14-15)10-5-9(13)3-4-11(10)17-2/h3-7H,1-2H3. The predicted molar refractivity (Wildman–Crippen MR) is 60.5 cm³/mol. The molecule has 0 saturated carbocycles. The van der Waals surface area contributed by atoms with Crippen LogP contribution in [0.4, 0.5) is 4.39 Å². The molecule has 2 aromatic rings. The van der Waals surface area contributed by atoms with Gasteiger partial charge in [0, 0.05) is 12.6 Å². The highest BCUT2D eigenvalue weighted by Gasteiger charge is 2.15. The van der Waals surface area contributed by atoms with Crippen molar-refractivity contribution in [2.45, 2.75) is 0 Å². The van der Waals surface area contributed by atoms with Crippen LogP contribution < -0.4 is 4.74 Å². The van der Waals surface area contributed by atoms with Gasteiger partial charge >= 0.3 is 0 Å². The summed E-state index contributed by atoms with van der Waals surface area (Å²) in [6, 6.07) is 4.15. The Kier molecular flexibility index (Phi) is 2.91. The van der Waals surface area contributed by atoms with Gasteiger partial charge in [0.2, 0.25) is 0 Å². The fourth-order valence-electron chi connectivity index (χ4n) is 1.74. The quantitative estimate of drug-likeness (QED) is 0.763. The number of aromatic nitrogens is 2. The van der Waals surface area contributed by atoms with Gasteiger partial charge in [0.15, 0.2) is 6.29 Å². The number of rotatable bonds is 3. The third-order valence-corrected chi connectivity index (χ3v) is 2.51. The maximum absolute atomic E-state index is 13.3. The molecule has 0 atom stereocenters. The van der Waals surface area contributed by atoms with Crippen molar-refractivity contribution >= 4 is 6.29 Å². The van der Waals surface area contributed by atoms with Crippen molar-refractivity contribution in [1.29, 1.82) is 0 Å². The van der Waals surface area contributed by atoms with Crippen molar-refractivity contribution in [3.8, 4) is 17.0 Å². The van der Waals surface area contributed by atoms with Gasteiger partial charge in [-0.1, -0.05) is 0 Å². The van der Waals surface area contributed by atoms with Crippen LogP contribution in [-0.4, -0.2) is 23.2 Å². The fourth-order valence-corrected chi connectivity index (χ4v) is 1.74. The molecule has 0 radical (unpaired) electrons. The van der Waals surface area contributed by atoms with Crippen molar-refractivity contribution in [3.05, 3.63) is 35.8 Å². The van der Waals surface area contributed by atoms with Crippen LogP contribution in [0.2, 0.25) is 0 Å². The van der Waals surface area contributed by atoms with E-state index >= 15 is 0 Å². The van der Waals surface area contributed by atoms with Gasteiger partial charge in [0.1, 0.15) is 11.6 Å². The Morgan fingerprint density at radius 3 is 2.88 bits per heavy atom. The number of methoxy groups -OCH3 is 1. The van der Waals surface area contributed by atoms with Gasteiger partial charge in [0.25, 0.3) is 0 Å². The van der Waals surface area contributed by atoms with E-state index in [-0.39, 0.29) is 5.82 Å². The topological polar surface area (TPSA) is 44.1 Å². The molecule has 0 amide bonds. The van der Waals surface area contributed by atoms with Crippen LogP contribution in [0.15, 0.2) is 24.4 Å². The average molecular weight is 234 g/mol. The maximum Gasteiger partial charge on any atom is 0.153 e. The molecular weight excluding hydrogens is 223 g/mol. The first-order chi connectivity index (χ1) is 8.17. The summed E-state index contributed by atoms with van der Waals surface area (Å²) in [5, 5.41) is 3.98. The molecule has 0 bridgehead atoms. The highest BCUT2D eigenvalue weighted by atomic mass is 19.1. The molecule has 1 heterocycles. The minimum atomic E-state index is -0.390. The lowest BCUT2D eigenvalue weighted by Gasteiger charge is -2.09. The molecule has 0 aliphatic heterocycles. The number of carbonyl (C=O) groups is 1. The Labute approximate surface area is 97.6 Å². The number of aldehydes is 1. The normalized spacial score (nSPS) is 10.3. The van der Waals surface area contributed by atoms with Gasteiger partial charge < -0.3 is 4.74 Å². The lowest BCUT2D eigenvalue weighted by atomic mass is 10.1. The first kappa shape index (κ1) is 11.3. The molecule has 0 aliphatic carbocycles. The number of ether oxygens (including phenoxy) is 1. The molecule has 4 nitrogen and oxygen atoms in total. The molecule has 1 aromatic carbocycles. The molecule has 0 spiro atoms. The molecule has 0 fully saturated rings. The highest BCUT2D eigenvalue weighted by molar-refractivity contribution is 5.87. The lowest BCUT2D eigenvalue weighted by Crippen LogP contribution is -1.98. The number of aryl methyl sites for hydroxylation is 1. The predicted octanol–water partition coefficient (Wildman–Crippen LogP) is 2.05. The third-order valence-electron chi connectivity index (χ3n) is 2.51. The summed E-state index contributed by atoms with van der Waals surface area (Å²) >= 11 is 0. The van der Waals surface area contributed by atoms with Crippen molar-refractivity contribution < 1.29 is 13.9 Å². The third kappa shape index (κ3) is 1.91. The zero-order valence-electron chi connectivity index (χ0n) is 9.48. The van der Waals surface area contributed by atoms with E-state index in [0.717, 1.165) is 0 Å². The van der Waals surface area contributed by atoms with Gasteiger partial charge in [-0.3, -0.25) is 9.48 Å². The number of nitrogens with zero attached hydrogens (tertiary/aromatic N) is 2. The number of hydrogen-bond donors (Lipinski definition) is 0.